The summed E-state index contributed by atoms with van der Waals surface area (Å²) in [6, 6.07) is 6.74. The first-order chi connectivity index (χ1) is 7.00. The van der Waals surface area contributed by atoms with Crippen LogP contribution in [0.1, 0.15) is 29.8 Å². The summed E-state index contributed by atoms with van der Waals surface area (Å²) in [5.41, 5.74) is 6.93. The molecule has 3 N–H and O–H groups in total. The summed E-state index contributed by atoms with van der Waals surface area (Å²) in [4.78, 5) is 24.2. The maximum absolute atomic E-state index is 11.0. The van der Waals surface area contributed by atoms with Gasteiger partial charge in [0.25, 0.3) is 5.84 Å². The highest BCUT2D eigenvalue weighted by Crippen LogP contribution is 2.03. The summed E-state index contributed by atoms with van der Waals surface area (Å²) in [6.45, 7) is 2.88. The lowest BCUT2D eigenvalue weighted by Gasteiger charge is -1.97. The standard InChI is InChI=1S/C11H12N2O2/c1-7(14)9-3-5-10(6-4-9)11(12)13-8(2)15/h3-6H,1-2H3,(H2,12,13,15)/p+1. The average molecular weight is 205 g/mol. The van der Waals surface area contributed by atoms with Crippen LogP contribution in [0.3, 0.4) is 0 Å². The van der Waals surface area contributed by atoms with Gasteiger partial charge < -0.3 is 0 Å². The Morgan fingerprint density at radius 1 is 1.07 bits per heavy atom. The second-order valence-electron chi connectivity index (χ2n) is 3.23. The zero-order valence-corrected chi connectivity index (χ0v) is 8.70. The number of rotatable bonds is 2. The smallest absolute Gasteiger partial charge is 0.295 e. The number of amidine groups is 1. The van der Waals surface area contributed by atoms with Crippen LogP contribution in [0.5, 0.6) is 0 Å². The molecule has 0 unspecified atom stereocenters. The Bertz CT molecular complexity index is 419. The van der Waals surface area contributed by atoms with E-state index >= 15 is 0 Å². The fourth-order valence-electron chi connectivity index (χ4n) is 1.15. The van der Waals surface area contributed by atoms with Crippen LogP contribution >= 0.6 is 0 Å². The topological polar surface area (TPSA) is 74.1 Å². The highest BCUT2D eigenvalue weighted by molar-refractivity contribution is 5.98. The van der Waals surface area contributed by atoms with Crippen molar-refractivity contribution in [3.63, 3.8) is 0 Å². The molecule has 1 amide bonds. The van der Waals surface area contributed by atoms with Gasteiger partial charge in [0.1, 0.15) is 0 Å². The van der Waals surface area contributed by atoms with Gasteiger partial charge in [0.15, 0.2) is 5.78 Å². The van der Waals surface area contributed by atoms with Crippen molar-refractivity contribution in [2.45, 2.75) is 13.8 Å². The molecule has 0 atom stereocenters. The summed E-state index contributed by atoms with van der Waals surface area (Å²) in [7, 11) is 0. The van der Waals surface area contributed by atoms with Crippen LogP contribution in [0.2, 0.25) is 0 Å². The van der Waals surface area contributed by atoms with Crippen molar-refractivity contribution in [2.75, 3.05) is 0 Å². The van der Waals surface area contributed by atoms with Gasteiger partial charge in [0.2, 0.25) is 0 Å². The number of carbonyl (C=O) groups excluding carboxylic acids is 2. The van der Waals surface area contributed by atoms with Crippen LogP contribution in [0.15, 0.2) is 24.3 Å². The Labute approximate surface area is 87.8 Å². The monoisotopic (exact) mass is 205 g/mol. The van der Waals surface area contributed by atoms with Gasteiger partial charge >= 0.3 is 5.91 Å². The third-order valence-corrected chi connectivity index (χ3v) is 1.91. The highest BCUT2D eigenvalue weighted by Gasteiger charge is 2.06. The van der Waals surface area contributed by atoms with Gasteiger partial charge in [-0.1, -0.05) is 12.1 Å². The molecule has 1 rings (SSSR count). The van der Waals surface area contributed by atoms with Crippen molar-refractivity contribution in [1.29, 1.82) is 0 Å². The summed E-state index contributed by atoms with van der Waals surface area (Å²) in [5.74, 6) is 0.0698. The molecule has 0 fully saturated rings. The summed E-state index contributed by atoms with van der Waals surface area (Å²) < 4.78 is 0. The van der Waals surface area contributed by atoms with E-state index in [1.807, 2.05) is 0 Å². The Balaban J connectivity index is 2.99. The van der Waals surface area contributed by atoms with Crippen LogP contribution < -0.4 is 10.7 Å². The predicted molar refractivity (Wildman–Crippen MR) is 56.4 cm³/mol. The Morgan fingerprint density at radius 3 is 1.93 bits per heavy atom. The van der Waals surface area contributed by atoms with Crippen LogP contribution in [0, 0.1) is 0 Å². The third-order valence-electron chi connectivity index (χ3n) is 1.91. The van der Waals surface area contributed by atoms with Crippen molar-refractivity contribution in [3.8, 4) is 0 Å². The lowest BCUT2D eigenvalue weighted by molar-refractivity contribution is -0.375. The summed E-state index contributed by atoms with van der Waals surface area (Å²) >= 11 is 0. The summed E-state index contributed by atoms with van der Waals surface area (Å²) in [5, 5.41) is 0. The van der Waals surface area contributed by atoms with Gasteiger partial charge in [-0.15, -0.1) is 0 Å². The molecule has 0 bridgehead atoms. The average Bonchev–Trinajstić information content (AvgIpc) is 2.17. The van der Waals surface area contributed by atoms with Gasteiger partial charge in [0, 0.05) is 12.5 Å². The van der Waals surface area contributed by atoms with E-state index in [9.17, 15) is 9.59 Å². The van der Waals surface area contributed by atoms with E-state index in [1.54, 1.807) is 24.3 Å². The zero-order chi connectivity index (χ0) is 11.4. The fraction of sp³-hybridized carbons (Fsp3) is 0.182. The molecule has 0 radical (unpaired) electrons. The van der Waals surface area contributed by atoms with Gasteiger partial charge in [-0.2, -0.15) is 0 Å². The first-order valence-corrected chi connectivity index (χ1v) is 4.52. The number of Topliss-reactive ketones (excluding diaryl/α,β-unsaturated/α-hetero) is 1. The molecule has 0 aliphatic rings. The number of nitrogens with one attached hydrogen (secondary N) is 1. The van der Waals surface area contributed by atoms with E-state index in [1.165, 1.54) is 13.8 Å². The van der Waals surface area contributed by atoms with Crippen molar-refractivity contribution >= 4 is 17.5 Å². The largest absolute Gasteiger partial charge is 0.304 e. The van der Waals surface area contributed by atoms with E-state index in [0.717, 1.165) is 0 Å². The molecule has 0 saturated heterocycles. The number of hydrogen-bond donors (Lipinski definition) is 2. The lowest BCUT2D eigenvalue weighted by Crippen LogP contribution is -2.78. The molecule has 1 aromatic carbocycles. The number of benzene rings is 1. The molecule has 0 saturated carbocycles. The van der Waals surface area contributed by atoms with Gasteiger partial charge in [-0.05, 0) is 19.1 Å². The molecule has 0 aromatic heterocycles. The van der Waals surface area contributed by atoms with Gasteiger partial charge in [0.05, 0.1) is 5.56 Å². The Kier molecular flexibility index (Phi) is 3.33. The number of hydrogen-bond acceptors (Lipinski definition) is 2. The maximum Gasteiger partial charge on any atom is 0.304 e. The van der Waals surface area contributed by atoms with Crippen molar-refractivity contribution < 1.29 is 14.6 Å². The molecule has 0 aliphatic carbocycles. The SMILES string of the molecule is CC(=O)[NH+]=C(N)c1ccc(C(C)=O)cc1. The molecule has 15 heavy (non-hydrogen) atoms. The quantitative estimate of drug-likeness (QED) is 0.378. The van der Waals surface area contributed by atoms with Gasteiger partial charge in [-0.25, -0.2) is 9.79 Å². The van der Waals surface area contributed by atoms with Crippen LogP contribution in [-0.4, -0.2) is 17.5 Å². The van der Waals surface area contributed by atoms with Crippen molar-refractivity contribution in [2.24, 2.45) is 5.73 Å². The first-order valence-electron chi connectivity index (χ1n) is 4.52. The molecular weight excluding hydrogens is 192 g/mol. The Hall–Kier alpha value is -1.97. The summed E-state index contributed by atoms with van der Waals surface area (Å²) in [6.07, 6.45) is 0. The molecule has 4 heteroatoms. The maximum atomic E-state index is 11.0. The molecule has 78 valence electrons. The lowest BCUT2D eigenvalue weighted by atomic mass is 10.1. The van der Waals surface area contributed by atoms with E-state index in [0.29, 0.717) is 11.1 Å². The normalized spacial score (nSPS) is 11.2. The van der Waals surface area contributed by atoms with Gasteiger partial charge in [-0.3, -0.25) is 10.5 Å². The molecule has 4 nitrogen and oxygen atoms in total. The van der Waals surface area contributed by atoms with Crippen LogP contribution in [0.25, 0.3) is 0 Å². The Morgan fingerprint density at radius 2 is 1.53 bits per heavy atom. The molecule has 0 spiro atoms. The third kappa shape index (κ3) is 3.02. The number of amides is 1. The van der Waals surface area contributed by atoms with Crippen LogP contribution in [0.4, 0.5) is 0 Å². The molecule has 0 heterocycles. The van der Waals surface area contributed by atoms with E-state index < -0.39 is 0 Å². The van der Waals surface area contributed by atoms with Crippen LogP contribution in [-0.2, 0) is 4.79 Å². The van der Waals surface area contributed by atoms with Crippen molar-refractivity contribution in [3.05, 3.63) is 35.4 Å². The molecular formula is C11H13N2O2+. The zero-order valence-electron chi connectivity index (χ0n) is 8.70. The minimum absolute atomic E-state index is 0.000325. The predicted octanol–water partition coefficient (Wildman–Crippen LogP) is -0.778. The van der Waals surface area contributed by atoms with E-state index in [-0.39, 0.29) is 17.5 Å². The number of ketones is 1. The molecule has 0 aliphatic heterocycles. The fourth-order valence-corrected chi connectivity index (χ4v) is 1.15. The molecule has 1 aromatic rings. The minimum Gasteiger partial charge on any atom is -0.295 e. The van der Waals surface area contributed by atoms with E-state index in [2.05, 4.69) is 4.99 Å². The second-order valence-corrected chi connectivity index (χ2v) is 3.23. The minimum atomic E-state index is -0.219. The van der Waals surface area contributed by atoms with E-state index in [4.69, 9.17) is 5.73 Å². The van der Waals surface area contributed by atoms with Crippen molar-refractivity contribution in [1.82, 2.24) is 0 Å². The number of carbonyl (C=O) groups is 2. The number of nitrogens with two attached hydrogens (primary N) is 1. The number of nitrogen functional groups attached to an aromatic ring is 1. The second kappa shape index (κ2) is 4.50. The first kappa shape index (κ1) is 11.1. The highest BCUT2D eigenvalue weighted by atomic mass is 16.1.